The number of phosphoric ester groups is 1. The molecule has 0 rings (SSSR count). The van der Waals surface area contributed by atoms with Crippen LogP contribution in [0, 0.1) is 11.3 Å². The Morgan fingerprint density at radius 3 is 2.21 bits per heavy atom. The van der Waals surface area contributed by atoms with Gasteiger partial charge in [0.1, 0.15) is 0 Å². The number of rotatable bonds is 6. The molecule has 0 aliphatic rings. The monoisotopic (exact) mass is 224 g/mol. The Hall–Kier alpha value is 0.110. The Morgan fingerprint density at radius 1 is 1.36 bits per heavy atom. The Balaban J connectivity index is 3.82. The molecule has 86 valence electrons. The fourth-order valence-electron chi connectivity index (χ4n) is 1.65. The van der Waals surface area contributed by atoms with Gasteiger partial charge in [-0.15, -0.1) is 0 Å². The van der Waals surface area contributed by atoms with E-state index in [1.807, 2.05) is 0 Å². The van der Waals surface area contributed by atoms with Gasteiger partial charge in [0.2, 0.25) is 0 Å². The van der Waals surface area contributed by atoms with E-state index in [0.29, 0.717) is 12.3 Å². The van der Waals surface area contributed by atoms with Crippen LogP contribution in [0.1, 0.15) is 40.5 Å². The van der Waals surface area contributed by atoms with Crippen molar-refractivity contribution < 1.29 is 18.9 Å². The van der Waals surface area contributed by atoms with Crippen LogP contribution in [0.2, 0.25) is 0 Å². The molecular weight excluding hydrogens is 203 g/mol. The number of hydrogen-bond acceptors (Lipinski definition) is 2. The largest absolute Gasteiger partial charge is 0.469 e. The third kappa shape index (κ3) is 8.70. The normalized spacial score (nSPS) is 13.6. The summed E-state index contributed by atoms with van der Waals surface area (Å²) in [7, 11) is -4.29. The first kappa shape index (κ1) is 14.1. The molecule has 14 heavy (non-hydrogen) atoms. The van der Waals surface area contributed by atoms with E-state index >= 15 is 0 Å². The lowest BCUT2D eigenvalue weighted by Crippen LogP contribution is -2.16. The lowest BCUT2D eigenvalue weighted by molar-refractivity contribution is 0.155. The molecule has 0 saturated heterocycles. The Morgan fingerprint density at radius 2 is 1.86 bits per heavy atom. The lowest BCUT2D eigenvalue weighted by Gasteiger charge is -2.26. The van der Waals surface area contributed by atoms with E-state index in [9.17, 15) is 4.57 Å². The summed E-state index contributed by atoms with van der Waals surface area (Å²) in [6, 6.07) is 0. The van der Waals surface area contributed by atoms with Crippen LogP contribution in [0.3, 0.4) is 0 Å². The molecule has 0 bridgehead atoms. The molecule has 0 radical (unpaired) electrons. The molecule has 0 aromatic carbocycles. The van der Waals surface area contributed by atoms with Gasteiger partial charge in [-0.3, -0.25) is 4.52 Å². The first-order chi connectivity index (χ1) is 6.12. The van der Waals surface area contributed by atoms with Gasteiger partial charge in [0.15, 0.2) is 0 Å². The number of hydrogen-bond donors (Lipinski definition) is 2. The van der Waals surface area contributed by atoms with Crippen molar-refractivity contribution in [2.24, 2.45) is 11.3 Å². The summed E-state index contributed by atoms with van der Waals surface area (Å²) in [5.74, 6) is 0.583. The summed E-state index contributed by atoms with van der Waals surface area (Å²) in [5, 5.41) is 0. The van der Waals surface area contributed by atoms with Crippen molar-refractivity contribution in [3.05, 3.63) is 0 Å². The van der Waals surface area contributed by atoms with Crippen LogP contribution in [0.5, 0.6) is 0 Å². The maximum Gasteiger partial charge on any atom is 0.469 e. The highest BCUT2D eigenvalue weighted by molar-refractivity contribution is 7.46. The molecule has 0 unspecified atom stereocenters. The summed E-state index contributed by atoms with van der Waals surface area (Å²) in [5.41, 5.74) is 0.0728. The zero-order valence-corrected chi connectivity index (χ0v) is 10.3. The minimum absolute atomic E-state index is 0.0728. The Kier molecular flexibility index (Phi) is 5.31. The summed E-state index contributed by atoms with van der Waals surface area (Å²) in [4.78, 5) is 17.0. The third-order valence-corrected chi connectivity index (χ3v) is 2.52. The average Bonchev–Trinajstić information content (AvgIpc) is 1.78. The van der Waals surface area contributed by atoms with Crippen LogP contribution in [-0.2, 0) is 9.09 Å². The predicted molar refractivity (Wildman–Crippen MR) is 55.8 cm³/mol. The Labute approximate surface area is 85.9 Å². The van der Waals surface area contributed by atoms with E-state index in [-0.39, 0.29) is 12.0 Å². The average molecular weight is 224 g/mol. The second kappa shape index (κ2) is 5.26. The fraction of sp³-hybridized carbons (Fsp3) is 1.00. The maximum atomic E-state index is 10.4. The van der Waals surface area contributed by atoms with Crippen LogP contribution in [-0.4, -0.2) is 16.4 Å². The highest BCUT2D eigenvalue weighted by Crippen LogP contribution is 2.38. The van der Waals surface area contributed by atoms with Gasteiger partial charge in [-0.1, -0.05) is 27.7 Å². The molecule has 0 heterocycles. The van der Waals surface area contributed by atoms with Gasteiger partial charge in [-0.05, 0) is 24.2 Å². The second-order valence-corrected chi connectivity index (χ2v) is 6.08. The van der Waals surface area contributed by atoms with E-state index in [0.717, 1.165) is 6.42 Å². The smallest absolute Gasteiger partial charge is 0.303 e. The SMILES string of the molecule is CC(C)CC(C)(C)CCOP(=O)(O)O. The molecule has 0 aromatic heterocycles. The predicted octanol–water partition coefficient (Wildman–Crippen LogP) is 2.56. The molecule has 0 spiro atoms. The molecule has 0 atom stereocenters. The molecule has 2 N–H and O–H groups in total. The molecule has 0 saturated carbocycles. The van der Waals surface area contributed by atoms with Gasteiger partial charge in [0.25, 0.3) is 0 Å². The lowest BCUT2D eigenvalue weighted by atomic mass is 9.81. The molecule has 0 fully saturated rings. The van der Waals surface area contributed by atoms with Crippen molar-refractivity contribution >= 4 is 7.82 Å². The topological polar surface area (TPSA) is 66.8 Å². The maximum absolute atomic E-state index is 10.4. The van der Waals surface area contributed by atoms with E-state index in [2.05, 4.69) is 32.2 Å². The third-order valence-electron chi connectivity index (χ3n) is 2.00. The van der Waals surface area contributed by atoms with Gasteiger partial charge in [-0.25, -0.2) is 4.57 Å². The molecule has 0 amide bonds. The standard InChI is InChI=1S/C9H21O4P/c1-8(2)7-9(3,4)5-6-13-14(10,11)12/h8H,5-7H2,1-4H3,(H2,10,11,12). The highest BCUT2D eigenvalue weighted by Gasteiger charge is 2.21. The summed E-state index contributed by atoms with van der Waals surface area (Å²) < 4.78 is 14.8. The van der Waals surface area contributed by atoms with Crippen molar-refractivity contribution in [1.82, 2.24) is 0 Å². The van der Waals surface area contributed by atoms with E-state index in [4.69, 9.17) is 9.79 Å². The van der Waals surface area contributed by atoms with Crippen molar-refractivity contribution in [1.29, 1.82) is 0 Å². The summed E-state index contributed by atoms with van der Waals surface area (Å²) in [6.07, 6.45) is 1.69. The van der Waals surface area contributed by atoms with E-state index in [1.54, 1.807) is 0 Å². The molecule has 0 aliphatic heterocycles. The first-order valence-corrected chi connectivity index (χ1v) is 6.35. The van der Waals surface area contributed by atoms with Crippen LogP contribution < -0.4 is 0 Å². The van der Waals surface area contributed by atoms with Crippen LogP contribution in [0.15, 0.2) is 0 Å². The first-order valence-electron chi connectivity index (χ1n) is 4.82. The quantitative estimate of drug-likeness (QED) is 0.680. The van der Waals surface area contributed by atoms with Crippen LogP contribution in [0.4, 0.5) is 0 Å². The minimum atomic E-state index is -4.29. The fourth-order valence-corrected chi connectivity index (χ4v) is 1.98. The number of phosphoric acid groups is 1. The summed E-state index contributed by atoms with van der Waals surface area (Å²) in [6.45, 7) is 8.53. The minimum Gasteiger partial charge on any atom is -0.303 e. The Bertz CT molecular complexity index is 207. The van der Waals surface area contributed by atoms with Gasteiger partial charge in [-0.2, -0.15) is 0 Å². The van der Waals surface area contributed by atoms with Gasteiger partial charge < -0.3 is 9.79 Å². The van der Waals surface area contributed by atoms with E-state index in [1.165, 1.54) is 0 Å². The molecule has 0 aromatic rings. The molecular formula is C9H21O4P. The van der Waals surface area contributed by atoms with Gasteiger partial charge in [0.05, 0.1) is 6.61 Å². The van der Waals surface area contributed by atoms with Crippen LogP contribution in [0.25, 0.3) is 0 Å². The molecule has 4 nitrogen and oxygen atoms in total. The van der Waals surface area contributed by atoms with Gasteiger partial charge >= 0.3 is 7.82 Å². The van der Waals surface area contributed by atoms with Crippen molar-refractivity contribution in [3.8, 4) is 0 Å². The van der Waals surface area contributed by atoms with E-state index < -0.39 is 7.82 Å². The molecule has 0 aliphatic carbocycles. The van der Waals surface area contributed by atoms with Gasteiger partial charge in [0, 0.05) is 0 Å². The summed E-state index contributed by atoms with van der Waals surface area (Å²) >= 11 is 0. The highest BCUT2D eigenvalue weighted by atomic mass is 31.2. The van der Waals surface area contributed by atoms with Crippen molar-refractivity contribution in [3.63, 3.8) is 0 Å². The van der Waals surface area contributed by atoms with Crippen molar-refractivity contribution in [2.45, 2.75) is 40.5 Å². The zero-order valence-electron chi connectivity index (χ0n) is 9.36. The zero-order chi connectivity index (χ0) is 11.4. The second-order valence-electron chi connectivity index (χ2n) is 4.84. The molecule has 5 heteroatoms. The van der Waals surface area contributed by atoms with Crippen molar-refractivity contribution in [2.75, 3.05) is 6.61 Å². The van der Waals surface area contributed by atoms with Crippen LogP contribution >= 0.6 is 7.82 Å².